The Labute approximate surface area is 157 Å². The number of ether oxygens (including phenoxy) is 1. The van der Waals surface area contributed by atoms with E-state index >= 15 is 0 Å². The zero-order chi connectivity index (χ0) is 19.1. The normalized spacial score (nSPS) is 11.7. The lowest BCUT2D eigenvalue weighted by Gasteiger charge is -2.19. The Morgan fingerprint density at radius 1 is 1.00 bits per heavy atom. The number of nitro groups is 1. The maximum Gasteiger partial charge on any atom is 0.338 e. The Balaban J connectivity index is 1.62. The minimum absolute atomic E-state index is 0.0159. The van der Waals surface area contributed by atoms with Crippen molar-refractivity contribution in [1.29, 1.82) is 0 Å². The van der Waals surface area contributed by atoms with Gasteiger partial charge >= 0.3 is 5.97 Å². The van der Waals surface area contributed by atoms with Crippen molar-refractivity contribution in [2.45, 2.75) is 18.9 Å². The van der Waals surface area contributed by atoms with E-state index in [-0.39, 0.29) is 18.3 Å². The fraction of sp³-hybridized carbons (Fsp3) is 0.190. The summed E-state index contributed by atoms with van der Waals surface area (Å²) in [6.07, 6.45) is 5.61. The van der Waals surface area contributed by atoms with Gasteiger partial charge in [0.2, 0.25) is 0 Å². The van der Waals surface area contributed by atoms with Gasteiger partial charge in [-0.2, -0.15) is 0 Å². The van der Waals surface area contributed by atoms with Gasteiger partial charge in [0.25, 0.3) is 5.69 Å². The average Bonchev–Trinajstić information content (AvgIpc) is 3.23. The van der Waals surface area contributed by atoms with Gasteiger partial charge in [-0.05, 0) is 42.7 Å². The molecule has 0 saturated carbocycles. The lowest BCUT2D eigenvalue weighted by atomic mass is 10.1. The van der Waals surface area contributed by atoms with Crippen molar-refractivity contribution in [2.75, 3.05) is 6.61 Å². The van der Waals surface area contributed by atoms with Crippen LogP contribution >= 0.6 is 0 Å². The van der Waals surface area contributed by atoms with Crippen molar-refractivity contribution < 1.29 is 14.5 Å². The molecule has 27 heavy (non-hydrogen) atoms. The molecule has 6 nitrogen and oxygen atoms in total. The molecule has 3 aromatic rings. The minimum atomic E-state index is -0.499. The first-order valence-electron chi connectivity index (χ1n) is 8.71. The van der Waals surface area contributed by atoms with Gasteiger partial charge in [-0.15, -0.1) is 0 Å². The third kappa shape index (κ3) is 5.04. The number of non-ortho nitro benzene ring substituents is 1. The summed E-state index contributed by atoms with van der Waals surface area (Å²) >= 11 is 0. The fourth-order valence-electron chi connectivity index (χ4n) is 2.86. The first kappa shape index (κ1) is 18.4. The van der Waals surface area contributed by atoms with Crippen LogP contribution in [0.4, 0.5) is 5.69 Å². The number of aryl methyl sites for hydroxylation is 1. The van der Waals surface area contributed by atoms with Crippen LogP contribution in [-0.2, 0) is 11.2 Å². The smallest absolute Gasteiger partial charge is 0.338 e. The van der Waals surface area contributed by atoms with Crippen molar-refractivity contribution in [3.8, 4) is 0 Å². The number of hydrogen-bond acceptors (Lipinski definition) is 4. The van der Waals surface area contributed by atoms with Gasteiger partial charge in [0.05, 0.1) is 16.5 Å². The van der Waals surface area contributed by atoms with Crippen molar-refractivity contribution in [2.24, 2.45) is 0 Å². The molecule has 0 aliphatic heterocycles. The van der Waals surface area contributed by atoms with E-state index in [1.165, 1.54) is 29.8 Å². The van der Waals surface area contributed by atoms with E-state index in [9.17, 15) is 14.9 Å². The Bertz CT molecular complexity index is 874. The predicted octanol–water partition coefficient (Wildman–Crippen LogP) is 4.43. The van der Waals surface area contributed by atoms with E-state index in [0.29, 0.717) is 5.56 Å². The van der Waals surface area contributed by atoms with Crippen LogP contribution in [0.5, 0.6) is 0 Å². The van der Waals surface area contributed by atoms with E-state index in [2.05, 4.69) is 12.1 Å². The summed E-state index contributed by atoms with van der Waals surface area (Å²) in [7, 11) is 0. The molecule has 1 heterocycles. The van der Waals surface area contributed by atoms with E-state index < -0.39 is 10.9 Å². The standard InChI is InChI=1S/C21H20N2O4/c24-21(18-9-12-19(13-10-18)23(25)26)27-16-20(22-14-4-5-15-22)11-8-17-6-2-1-3-7-17/h1-7,9-10,12-15,20H,8,11,16H2/t20-/m0/s1. The van der Waals surface area contributed by atoms with Gasteiger partial charge in [-0.3, -0.25) is 10.1 Å². The lowest BCUT2D eigenvalue weighted by molar-refractivity contribution is -0.384. The molecule has 2 aromatic carbocycles. The molecule has 1 atom stereocenters. The summed E-state index contributed by atoms with van der Waals surface area (Å²) in [4.78, 5) is 22.5. The van der Waals surface area contributed by atoms with Crippen molar-refractivity contribution in [3.05, 3.63) is 100 Å². The summed E-state index contributed by atoms with van der Waals surface area (Å²) < 4.78 is 7.51. The average molecular weight is 364 g/mol. The summed E-state index contributed by atoms with van der Waals surface area (Å²) in [6.45, 7) is 0.233. The zero-order valence-electron chi connectivity index (χ0n) is 14.7. The molecule has 1 aromatic heterocycles. The maximum atomic E-state index is 12.3. The lowest BCUT2D eigenvalue weighted by Crippen LogP contribution is -2.18. The molecular formula is C21H20N2O4. The van der Waals surface area contributed by atoms with Gasteiger partial charge < -0.3 is 9.30 Å². The Morgan fingerprint density at radius 2 is 1.67 bits per heavy atom. The second-order valence-electron chi connectivity index (χ2n) is 6.21. The molecule has 0 aliphatic carbocycles. The van der Waals surface area contributed by atoms with Crippen molar-refractivity contribution in [3.63, 3.8) is 0 Å². The largest absolute Gasteiger partial charge is 0.460 e. The molecule has 0 saturated heterocycles. The van der Waals surface area contributed by atoms with Crippen molar-refractivity contribution in [1.82, 2.24) is 4.57 Å². The van der Waals surface area contributed by atoms with Crippen LogP contribution in [-0.4, -0.2) is 22.1 Å². The predicted molar refractivity (Wildman–Crippen MR) is 102 cm³/mol. The summed E-state index contributed by atoms with van der Waals surface area (Å²) in [5.41, 5.74) is 1.48. The molecule has 0 amide bonds. The second-order valence-corrected chi connectivity index (χ2v) is 6.21. The Morgan fingerprint density at radius 3 is 2.30 bits per heavy atom. The van der Waals surface area contributed by atoms with Gasteiger partial charge in [-0.25, -0.2) is 4.79 Å². The third-order valence-electron chi connectivity index (χ3n) is 4.38. The van der Waals surface area contributed by atoms with Crippen LogP contribution in [0.25, 0.3) is 0 Å². The van der Waals surface area contributed by atoms with E-state index in [4.69, 9.17) is 4.74 Å². The molecule has 3 rings (SSSR count). The van der Waals surface area contributed by atoms with Gasteiger partial charge in [0.15, 0.2) is 0 Å². The highest BCUT2D eigenvalue weighted by Gasteiger charge is 2.16. The zero-order valence-corrected chi connectivity index (χ0v) is 14.7. The molecule has 6 heteroatoms. The van der Waals surface area contributed by atoms with Gasteiger partial charge in [0.1, 0.15) is 6.61 Å². The molecule has 0 N–H and O–H groups in total. The number of carbonyl (C=O) groups is 1. The monoisotopic (exact) mass is 364 g/mol. The second kappa shape index (κ2) is 8.80. The number of carbonyl (C=O) groups excluding carboxylic acids is 1. The molecule has 0 radical (unpaired) electrons. The molecule has 0 spiro atoms. The number of benzene rings is 2. The molecule has 0 bridgehead atoms. The quantitative estimate of drug-likeness (QED) is 0.337. The highest BCUT2D eigenvalue weighted by molar-refractivity contribution is 5.89. The number of esters is 1. The van der Waals surface area contributed by atoms with Crippen LogP contribution in [0.15, 0.2) is 79.1 Å². The molecule has 0 unspecified atom stereocenters. The van der Waals surface area contributed by atoms with E-state index in [1.54, 1.807) is 0 Å². The highest BCUT2D eigenvalue weighted by atomic mass is 16.6. The first-order chi connectivity index (χ1) is 13.1. The van der Waals surface area contributed by atoms with Crippen LogP contribution in [0.2, 0.25) is 0 Å². The van der Waals surface area contributed by atoms with Gasteiger partial charge in [0, 0.05) is 24.5 Å². The Hall–Kier alpha value is -3.41. The molecular weight excluding hydrogens is 344 g/mol. The number of hydrogen-bond donors (Lipinski definition) is 0. The van der Waals surface area contributed by atoms with Crippen molar-refractivity contribution >= 4 is 11.7 Å². The number of rotatable bonds is 8. The van der Waals surface area contributed by atoms with Gasteiger partial charge in [-0.1, -0.05) is 30.3 Å². The molecule has 0 fully saturated rings. The maximum absolute atomic E-state index is 12.3. The summed E-state index contributed by atoms with van der Waals surface area (Å²) in [5.74, 6) is -0.484. The number of nitro benzene ring substituents is 1. The van der Waals surface area contributed by atoms with Crippen LogP contribution in [0.3, 0.4) is 0 Å². The minimum Gasteiger partial charge on any atom is -0.460 e. The van der Waals surface area contributed by atoms with Crippen LogP contribution < -0.4 is 0 Å². The van der Waals surface area contributed by atoms with E-state index in [0.717, 1.165) is 12.8 Å². The first-order valence-corrected chi connectivity index (χ1v) is 8.71. The molecule has 0 aliphatic rings. The summed E-state index contributed by atoms with van der Waals surface area (Å²) in [6, 6.07) is 19.5. The molecule has 138 valence electrons. The summed E-state index contributed by atoms with van der Waals surface area (Å²) in [5, 5.41) is 10.7. The SMILES string of the molecule is O=C(OC[C@H](CCc1ccccc1)n1cccc1)c1ccc([N+](=O)[O-])cc1. The fourth-order valence-corrected chi connectivity index (χ4v) is 2.86. The Kier molecular flexibility index (Phi) is 5.99. The van der Waals surface area contributed by atoms with Crippen LogP contribution in [0, 0.1) is 10.1 Å². The third-order valence-corrected chi connectivity index (χ3v) is 4.38. The highest BCUT2D eigenvalue weighted by Crippen LogP contribution is 2.18. The number of nitrogens with zero attached hydrogens (tertiary/aromatic N) is 2. The number of aromatic nitrogens is 1. The van der Waals surface area contributed by atoms with E-state index in [1.807, 2.05) is 47.3 Å². The topological polar surface area (TPSA) is 74.4 Å². The van der Waals surface area contributed by atoms with Crippen LogP contribution in [0.1, 0.15) is 28.4 Å².